The summed E-state index contributed by atoms with van der Waals surface area (Å²) in [4.78, 5) is 0.853. The Morgan fingerprint density at radius 3 is 2.53 bits per heavy atom. The summed E-state index contributed by atoms with van der Waals surface area (Å²) in [5, 5.41) is 19.7. The van der Waals surface area contributed by atoms with Gasteiger partial charge in [0.1, 0.15) is 17.2 Å². The number of nitrogens with zero attached hydrogens (tertiary/aromatic N) is 3. The van der Waals surface area contributed by atoms with Gasteiger partial charge in [0, 0.05) is 16.9 Å². The van der Waals surface area contributed by atoms with E-state index >= 15 is 0 Å². The third-order valence-corrected chi connectivity index (χ3v) is 7.06. The van der Waals surface area contributed by atoms with Crippen LogP contribution in [-0.4, -0.2) is 37.7 Å². The van der Waals surface area contributed by atoms with Gasteiger partial charge in [-0.1, -0.05) is 47.1 Å². The fourth-order valence-corrected chi connectivity index (χ4v) is 5.06. The minimum atomic E-state index is -1.55. The Balaban J connectivity index is 1.58. The zero-order valence-electron chi connectivity index (χ0n) is 16.7. The van der Waals surface area contributed by atoms with Crippen LogP contribution in [0.15, 0.2) is 41.4 Å². The molecule has 0 radical (unpaired) electrons. The molecule has 170 valence electrons. The van der Waals surface area contributed by atoms with E-state index in [2.05, 4.69) is 10.3 Å². The van der Waals surface area contributed by atoms with Crippen molar-refractivity contribution in [3.63, 3.8) is 0 Å². The second-order valence-electron chi connectivity index (χ2n) is 7.34. The number of aromatic nitrogens is 3. The molecule has 0 aliphatic carbocycles. The van der Waals surface area contributed by atoms with Crippen molar-refractivity contribution in [3.05, 3.63) is 64.0 Å². The summed E-state index contributed by atoms with van der Waals surface area (Å²) >= 11 is 13.5. The number of rotatable bonds is 5. The first-order chi connectivity index (χ1) is 15.3. The van der Waals surface area contributed by atoms with Crippen LogP contribution in [0.5, 0.6) is 0 Å². The van der Waals surface area contributed by atoms with E-state index in [9.17, 15) is 18.3 Å². The van der Waals surface area contributed by atoms with E-state index in [4.69, 9.17) is 27.9 Å². The van der Waals surface area contributed by atoms with Crippen molar-refractivity contribution in [2.24, 2.45) is 0 Å². The molecule has 0 spiro atoms. The maximum atomic E-state index is 13.6. The van der Waals surface area contributed by atoms with Crippen molar-refractivity contribution in [2.45, 2.75) is 48.3 Å². The van der Waals surface area contributed by atoms with Gasteiger partial charge >= 0.3 is 0 Å². The third kappa shape index (κ3) is 4.77. The van der Waals surface area contributed by atoms with E-state index in [-0.39, 0.29) is 16.7 Å². The Morgan fingerprint density at radius 1 is 1.16 bits per heavy atom. The van der Waals surface area contributed by atoms with Crippen molar-refractivity contribution in [2.75, 3.05) is 0 Å². The van der Waals surface area contributed by atoms with Crippen LogP contribution >= 0.6 is 35.0 Å². The lowest BCUT2D eigenvalue weighted by Gasteiger charge is -2.38. The molecule has 1 saturated heterocycles. The molecule has 0 saturated carbocycles. The lowest BCUT2D eigenvalue weighted by molar-refractivity contribution is -0.115. The molecule has 4 atom stereocenters. The van der Waals surface area contributed by atoms with Crippen LogP contribution in [-0.2, 0) is 4.74 Å². The molecule has 1 N–H and O–H groups in total. The lowest BCUT2D eigenvalue weighted by Crippen LogP contribution is -2.45. The molecule has 2 aromatic carbocycles. The molecule has 32 heavy (non-hydrogen) atoms. The summed E-state index contributed by atoms with van der Waals surface area (Å²) in [6.07, 6.45) is 1.09. The molecule has 1 aromatic heterocycles. The summed E-state index contributed by atoms with van der Waals surface area (Å²) in [5.41, 5.74) is -0.120. The molecular formula is C21H18Cl2F3N3O2S. The Labute approximate surface area is 196 Å². The van der Waals surface area contributed by atoms with Crippen LogP contribution in [0.3, 0.4) is 0 Å². The largest absolute Gasteiger partial charge is 0.388 e. The number of aliphatic hydroxyl groups is 1. The smallest absolute Gasteiger partial charge is 0.194 e. The van der Waals surface area contributed by atoms with E-state index in [1.54, 1.807) is 12.1 Å². The van der Waals surface area contributed by atoms with Gasteiger partial charge in [-0.25, -0.2) is 17.9 Å². The first-order valence-electron chi connectivity index (χ1n) is 9.78. The minimum Gasteiger partial charge on any atom is -0.388 e. The zero-order chi connectivity index (χ0) is 23.0. The Kier molecular flexibility index (Phi) is 7.02. The number of hydrogen-bond donors (Lipinski definition) is 1. The Bertz CT molecular complexity index is 1110. The van der Waals surface area contributed by atoms with Gasteiger partial charge in [0.2, 0.25) is 0 Å². The van der Waals surface area contributed by atoms with Gasteiger partial charge in [0.15, 0.2) is 17.5 Å². The van der Waals surface area contributed by atoms with Crippen molar-refractivity contribution in [3.8, 4) is 11.3 Å². The molecule has 3 aromatic rings. The molecule has 0 amide bonds. The highest BCUT2D eigenvalue weighted by Crippen LogP contribution is 2.40. The average molecular weight is 504 g/mol. The summed E-state index contributed by atoms with van der Waals surface area (Å²) in [6.45, 7) is 1.90. The molecule has 0 bridgehead atoms. The predicted octanol–water partition coefficient (Wildman–Crippen LogP) is 5.89. The molecule has 0 unspecified atom stereocenters. The summed E-state index contributed by atoms with van der Waals surface area (Å²) in [5.74, 6) is -4.18. The maximum Gasteiger partial charge on any atom is 0.194 e. The van der Waals surface area contributed by atoms with Crippen LogP contribution in [0, 0.1) is 17.5 Å². The summed E-state index contributed by atoms with van der Waals surface area (Å²) in [6, 6.07) is 6.47. The average Bonchev–Trinajstić information content (AvgIpc) is 3.25. The van der Waals surface area contributed by atoms with Crippen LogP contribution < -0.4 is 0 Å². The second kappa shape index (κ2) is 9.61. The van der Waals surface area contributed by atoms with Gasteiger partial charge in [-0.05, 0) is 36.8 Å². The van der Waals surface area contributed by atoms with E-state index in [0.29, 0.717) is 22.9 Å². The summed E-state index contributed by atoms with van der Waals surface area (Å²) in [7, 11) is 0. The standard InChI is InChI=1S/C21H18Cl2F3N3O2S/c1-2-18-21(30)17(8-19(31-18)32-11-3-4-12(22)13(23)7-11)29-9-16(27-28-29)10-5-14(24)20(26)15(25)6-10/h3-7,9,17-19,21,30H,2,8H2,1H3/t17-,18-,19-,21+/m1/s1. The number of benzene rings is 2. The van der Waals surface area contributed by atoms with E-state index < -0.39 is 35.7 Å². The molecule has 1 aliphatic rings. The van der Waals surface area contributed by atoms with Gasteiger partial charge < -0.3 is 9.84 Å². The lowest BCUT2D eigenvalue weighted by atomic mass is 9.98. The number of ether oxygens (including phenoxy) is 1. The molecule has 2 heterocycles. The third-order valence-electron chi connectivity index (χ3n) is 5.23. The van der Waals surface area contributed by atoms with Crippen molar-refractivity contribution in [1.29, 1.82) is 0 Å². The molecule has 4 rings (SSSR count). The SMILES string of the molecule is CC[C@H]1O[C@H](Sc2ccc(Cl)c(Cl)c2)C[C@@H](n2cc(-c3cc(F)c(F)c(F)c3)nn2)[C@@H]1O. The van der Waals surface area contributed by atoms with Gasteiger partial charge in [-0.2, -0.15) is 0 Å². The number of thioether (sulfide) groups is 1. The van der Waals surface area contributed by atoms with Crippen molar-refractivity contribution in [1.82, 2.24) is 15.0 Å². The maximum absolute atomic E-state index is 13.6. The second-order valence-corrected chi connectivity index (χ2v) is 9.38. The van der Waals surface area contributed by atoms with Crippen LogP contribution in [0.4, 0.5) is 13.2 Å². The predicted molar refractivity (Wildman–Crippen MR) is 116 cm³/mol. The topological polar surface area (TPSA) is 60.2 Å². The Morgan fingerprint density at radius 2 is 1.88 bits per heavy atom. The van der Waals surface area contributed by atoms with Crippen molar-refractivity contribution >= 4 is 35.0 Å². The highest BCUT2D eigenvalue weighted by molar-refractivity contribution is 7.99. The monoisotopic (exact) mass is 503 g/mol. The van der Waals surface area contributed by atoms with Gasteiger partial charge in [0.05, 0.1) is 28.4 Å². The Hall–Kier alpha value is -1.78. The summed E-state index contributed by atoms with van der Waals surface area (Å²) < 4.78 is 48.0. The molecule has 1 aliphatic heterocycles. The van der Waals surface area contributed by atoms with E-state index in [1.807, 2.05) is 13.0 Å². The fourth-order valence-electron chi connectivity index (χ4n) is 3.57. The molecule has 11 heteroatoms. The highest BCUT2D eigenvalue weighted by Gasteiger charge is 2.39. The van der Waals surface area contributed by atoms with Crippen LogP contribution in [0.2, 0.25) is 10.0 Å². The van der Waals surface area contributed by atoms with Gasteiger partial charge in [-0.3, -0.25) is 0 Å². The first kappa shape index (κ1) is 23.4. The van der Waals surface area contributed by atoms with Crippen LogP contribution in [0.25, 0.3) is 11.3 Å². The van der Waals surface area contributed by atoms with Crippen LogP contribution in [0.1, 0.15) is 25.8 Å². The van der Waals surface area contributed by atoms with E-state index in [1.165, 1.54) is 22.6 Å². The van der Waals surface area contributed by atoms with Gasteiger partial charge in [-0.15, -0.1) is 5.10 Å². The molecule has 1 fully saturated rings. The molecule has 5 nitrogen and oxygen atoms in total. The number of aliphatic hydroxyl groups excluding tert-OH is 1. The first-order valence-corrected chi connectivity index (χ1v) is 11.4. The number of hydrogen-bond acceptors (Lipinski definition) is 5. The van der Waals surface area contributed by atoms with Crippen molar-refractivity contribution < 1.29 is 23.0 Å². The minimum absolute atomic E-state index is 0.0444. The fraction of sp³-hybridized carbons (Fsp3) is 0.333. The highest BCUT2D eigenvalue weighted by atomic mass is 35.5. The number of halogens is 5. The molecular weight excluding hydrogens is 486 g/mol. The zero-order valence-corrected chi connectivity index (χ0v) is 19.0. The van der Waals surface area contributed by atoms with Gasteiger partial charge in [0.25, 0.3) is 0 Å². The normalized spacial score (nSPS) is 23.5. The quantitative estimate of drug-likeness (QED) is 0.440. The van der Waals surface area contributed by atoms with E-state index in [0.717, 1.165) is 17.0 Å².